The summed E-state index contributed by atoms with van der Waals surface area (Å²) in [6.07, 6.45) is 38.9. The summed E-state index contributed by atoms with van der Waals surface area (Å²) >= 11 is 0. The monoisotopic (exact) mass is 624 g/mol. The van der Waals surface area contributed by atoms with E-state index in [1.807, 2.05) is 0 Å². The maximum absolute atomic E-state index is 12.4. The lowest BCUT2D eigenvalue weighted by molar-refractivity contribution is -0.125. The molecular formula is C39H77NO4. The van der Waals surface area contributed by atoms with Gasteiger partial charge in [0.05, 0.1) is 31.3 Å². The molecule has 0 aliphatic carbocycles. The molecule has 4 N–H and O–H groups in total. The van der Waals surface area contributed by atoms with Gasteiger partial charge in [-0.3, -0.25) is 4.79 Å². The Balaban J connectivity index is 3.62. The van der Waals surface area contributed by atoms with Crippen molar-refractivity contribution in [3.05, 3.63) is 12.2 Å². The molecule has 0 saturated carbocycles. The zero-order valence-corrected chi connectivity index (χ0v) is 29.6. The molecule has 0 aromatic heterocycles. The number of amides is 1. The summed E-state index contributed by atoms with van der Waals surface area (Å²) in [6, 6.07) is -0.658. The van der Waals surface area contributed by atoms with Crippen molar-refractivity contribution < 1.29 is 20.1 Å². The average molecular weight is 624 g/mol. The van der Waals surface area contributed by atoms with Crippen LogP contribution in [0.25, 0.3) is 0 Å². The van der Waals surface area contributed by atoms with E-state index in [0.29, 0.717) is 12.8 Å². The quantitative estimate of drug-likeness (QED) is 0.0418. The second-order valence-corrected chi connectivity index (χ2v) is 13.5. The molecular weight excluding hydrogens is 546 g/mol. The Kier molecular flexibility index (Phi) is 34.2. The average Bonchev–Trinajstić information content (AvgIpc) is 3.01. The van der Waals surface area contributed by atoms with Crippen molar-refractivity contribution in [3.8, 4) is 0 Å². The molecule has 262 valence electrons. The van der Waals surface area contributed by atoms with Gasteiger partial charge in [0.15, 0.2) is 0 Å². The summed E-state index contributed by atoms with van der Waals surface area (Å²) in [5.41, 5.74) is 0. The van der Waals surface area contributed by atoms with Gasteiger partial charge < -0.3 is 20.6 Å². The normalized spacial score (nSPS) is 13.8. The number of unbranched alkanes of at least 4 members (excludes halogenated alkanes) is 24. The van der Waals surface area contributed by atoms with Crippen LogP contribution >= 0.6 is 0 Å². The van der Waals surface area contributed by atoms with Crippen LogP contribution in [0.15, 0.2) is 12.2 Å². The summed E-state index contributed by atoms with van der Waals surface area (Å²) < 4.78 is 0. The number of aliphatic hydroxyl groups is 3. The Bertz CT molecular complexity index is 611. The first-order valence-corrected chi connectivity index (χ1v) is 19.5. The molecule has 0 saturated heterocycles. The highest BCUT2D eigenvalue weighted by Gasteiger charge is 2.21. The van der Waals surface area contributed by atoms with Gasteiger partial charge in [-0.15, -0.1) is 0 Å². The Morgan fingerprint density at radius 2 is 0.909 bits per heavy atom. The Morgan fingerprint density at radius 1 is 0.545 bits per heavy atom. The molecule has 0 bridgehead atoms. The van der Waals surface area contributed by atoms with Gasteiger partial charge in [-0.1, -0.05) is 174 Å². The van der Waals surface area contributed by atoms with E-state index in [2.05, 4.69) is 31.3 Å². The number of carbonyl (C=O) groups excluding carboxylic acids is 1. The highest BCUT2D eigenvalue weighted by molar-refractivity contribution is 5.76. The Hall–Kier alpha value is -0.910. The van der Waals surface area contributed by atoms with Crippen molar-refractivity contribution in [2.45, 2.75) is 225 Å². The van der Waals surface area contributed by atoms with Crippen LogP contribution in [0.5, 0.6) is 0 Å². The highest BCUT2D eigenvalue weighted by Crippen LogP contribution is 2.16. The number of rotatable bonds is 35. The Morgan fingerprint density at radius 3 is 1.36 bits per heavy atom. The first-order valence-electron chi connectivity index (χ1n) is 19.5. The molecule has 0 fully saturated rings. The molecule has 0 heterocycles. The standard InChI is InChI=1S/C39H77NO4/c1-3-5-7-9-11-13-15-16-17-18-19-20-21-22-23-25-27-29-31-33-38(43)37(35-41)40-39(44)34-36(42)32-30-28-26-24-14-12-10-8-6-4-2/h12,14,36-38,41-43H,3-11,13,15-35H2,1-2H3,(H,40,44)/b14-12-. The molecule has 0 aliphatic rings. The molecule has 0 aromatic carbocycles. The summed E-state index contributed by atoms with van der Waals surface area (Å²) in [5.74, 6) is -0.293. The van der Waals surface area contributed by atoms with Crippen LogP contribution in [-0.4, -0.2) is 46.1 Å². The number of hydrogen-bond acceptors (Lipinski definition) is 4. The van der Waals surface area contributed by atoms with Crippen molar-refractivity contribution in [1.29, 1.82) is 0 Å². The lowest BCUT2D eigenvalue weighted by Gasteiger charge is -2.23. The van der Waals surface area contributed by atoms with Gasteiger partial charge in [0.25, 0.3) is 0 Å². The highest BCUT2D eigenvalue weighted by atomic mass is 16.3. The van der Waals surface area contributed by atoms with Crippen molar-refractivity contribution in [2.24, 2.45) is 0 Å². The minimum atomic E-state index is -0.748. The third-order valence-corrected chi connectivity index (χ3v) is 9.08. The van der Waals surface area contributed by atoms with Crippen molar-refractivity contribution in [1.82, 2.24) is 5.32 Å². The van der Waals surface area contributed by atoms with E-state index in [-0.39, 0.29) is 18.9 Å². The number of aliphatic hydroxyl groups excluding tert-OH is 3. The van der Waals surface area contributed by atoms with Crippen LogP contribution in [0.3, 0.4) is 0 Å². The molecule has 5 nitrogen and oxygen atoms in total. The number of hydrogen-bond donors (Lipinski definition) is 4. The van der Waals surface area contributed by atoms with Gasteiger partial charge in [0, 0.05) is 0 Å². The van der Waals surface area contributed by atoms with Crippen molar-refractivity contribution in [2.75, 3.05) is 6.61 Å². The van der Waals surface area contributed by atoms with Gasteiger partial charge >= 0.3 is 0 Å². The number of nitrogens with one attached hydrogen (secondary N) is 1. The minimum Gasteiger partial charge on any atom is -0.394 e. The molecule has 0 aromatic rings. The zero-order chi connectivity index (χ0) is 32.4. The predicted molar refractivity (Wildman–Crippen MR) is 190 cm³/mol. The van der Waals surface area contributed by atoms with E-state index >= 15 is 0 Å². The second-order valence-electron chi connectivity index (χ2n) is 13.5. The van der Waals surface area contributed by atoms with E-state index in [1.165, 1.54) is 135 Å². The Labute approximate surface area is 274 Å². The van der Waals surface area contributed by atoms with E-state index in [1.54, 1.807) is 0 Å². The van der Waals surface area contributed by atoms with Crippen LogP contribution in [0.1, 0.15) is 206 Å². The molecule has 3 atom stereocenters. The van der Waals surface area contributed by atoms with E-state index in [4.69, 9.17) is 0 Å². The molecule has 5 heteroatoms. The third-order valence-electron chi connectivity index (χ3n) is 9.08. The summed E-state index contributed by atoms with van der Waals surface area (Å²) in [7, 11) is 0. The van der Waals surface area contributed by atoms with Gasteiger partial charge in [-0.25, -0.2) is 0 Å². The lowest BCUT2D eigenvalue weighted by atomic mass is 10.0. The van der Waals surface area contributed by atoms with Crippen molar-refractivity contribution in [3.63, 3.8) is 0 Å². The summed E-state index contributed by atoms with van der Waals surface area (Å²) in [6.45, 7) is 4.22. The first kappa shape index (κ1) is 43.1. The largest absolute Gasteiger partial charge is 0.394 e. The van der Waals surface area contributed by atoms with Gasteiger partial charge in [0.1, 0.15) is 0 Å². The van der Waals surface area contributed by atoms with E-state index < -0.39 is 18.2 Å². The molecule has 44 heavy (non-hydrogen) atoms. The van der Waals surface area contributed by atoms with E-state index in [9.17, 15) is 20.1 Å². The SMILES string of the molecule is CCCCC/C=C\CCCCCC(O)CC(=O)NC(CO)C(O)CCCCCCCCCCCCCCCCCCCCC. The fourth-order valence-corrected chi connectivity index (χ4v) is 6.05. The van der Waals surface area contributed by atoms with Crippen LogP contribution in [0, 0.1) is 0 Å². The zero-order valence-electron chi connectivity index (χ0n) is 29.6. The lowest BCUT2D eigenvalue weighted by Crippen LogP contribution is -2.46. The van der Waals surface area contributed by atoms with Crippen LogP contribution in [-0.2, 0) is 4.79 Å². The molecule has 0 radical (unpaired) electrons. The molecule has 1 amide bonds. The molecule has 0 rings (SSSR count). The molecule has 0 aliphatic heterocycles. The van der Waals surface area contributed by atoms with Crippen LogP contribution in [0.4, 0.5) is 0 Å². The van der Waals surface area contributed by atoms with Crippen molar-refractivity contribution >= 4 is 5.91 Å². The fourth-order valence-electron chi connectivity index (χ4n) is 6.05. The van der Waals surface area contributed by atoms with Gasteiger partial charge in [-0.2, -0.15) is 0 Å². The van der Waals surface area contributed by atoms with E-state index in [0.717, 1.165) is 38.5 Å². The smallest absolute Gasteiger partial charge is 0.222 e. The summed E-state index contributed by atoms with van der Waals surface area (Å²) in [4.78, 5) is 12.4. The third kappa shape index (κ3) is 31.1. The van der Waals surface area contributed by atoms with Gasteiger partial charge in [0.2, 0.25) is 5.91 Å². The fraction of sp³-hybridized carbons (Fsp3) is 0.923. The van der Waals surface area contributed by atoms with Gasteiger partial charge in [-0.05, 0) is 38.5 Å². The second kappa shape index (κ2) is 35.0. The number of allylic oxidation sites excluding steroid dienone is 2. The number of carbonyl (C=O) groups is 1. The topological polar surface area (TPSA) is 89.8 Å². The van der Waals surface area contributed by atoms with Crippen LogP contribution in [0.2, 0.25) is 0 Å². The minimum absolute atomic E-state index is 0.0276. The molecule has 0 spiro atoms. The maximum Gasteiger partial charge on any atom is 0.222 e. The maximum atomic E-state index is 12.4. The van der Waals surface area contributed by atoms with Crippen LogP contribution < -0.4 is 5.32 Å². The molecule has 3 unspecified atom stereocenters. The predicted octanol–water partition coefficient (Wildman–Crippen LogP) is 10.5. The first-order chi connectivity index (χ1) is 21.5. The summed E-state index contributed by atoms with van der Waals surface area (Å²) in [5, 5.41) is 33.2.